The van der Waals surface area contributed by atoms with E-state index in [4.69, 9.17) is 0 Å². The highest BCUT2D eigenvalue weighted by atomic mass is 32.1. The zero-order chi connectivity index (χ0) is 56.7. The number of benzene rings is 15. The Balaban J connectivity index is 0.866. The molecule has 4 heteroatoms. The maximum Gasteiger partial charge on any atom is 0.0619 e. The minimum atomic E-state index is 1.07. The maximum absolute atomic E-state index is 2.50. The number of hydrogen-bond donors (Lipinski definition) is 0. The molecule has 0 unspecified atom stereocenters. The van der Waals surface area contributed by atoms with Gasteiger partial charge in [-0.2, -0.15) is 0 Å². The molecule has 0 aliphatic carbocycles. The average molecular weight is 1130 g/mol. The van der Waals surface area contributed by atoms with Crippen LogP contribution in [0.15, 0.2) is 315 Å². The molecule has 0 radical (unpaired) electrons. The van der Waals surface area contributed by atoms with Crippen LogP contribution in [0.5, 0.6) is 0 Å². The Hall–Kier alpha value is -10.6. The summed E-state index contributed by atoms with van der Waals surface area (Å²) in [5, 5.41) is 14.7. The van der Waals surface area contributed by atoms with Crippen molar-refractivity contribution in [1.29, 1.82) is 0 Å². The monoisotopic (exact) mass is 1130 g/mol. The van der Waals surface area contributed by atoms with Gasteiger partial charge in [0.15, 0.2) is 0 Å². The lowest BCUT2D eigenvalue weighted by Gasteiger charge is -2.33. The van der Waals surface area contributed by atoms with Gasteiger partial charge in [0.25, 0.3) is 0 Å². The number of hydrogen-bond acceptors (Lipinski definition) is 4. The third kappa shape index (κ3) is 8.29. The van der Waals surface area contributed by atoms with Gasteiger partial charge in [-0.05, 0) is 127 Å². The molecule has 0 N–H and O–H groups in total. The third-order valence-corrected chi connectivity index (χ3v) is 19.9. The lowest BCUT2D eigenvalue weighted by molar-refractivity contribution is 1.29. The number of anilines is 6. The minimum Gasteiger partial charge on any atom is -0.309 e. The van der Waals surface area contributed by atoms with Gasteiger partial charge in [0.1, 0.15) is 0 Å². The van der Waals surface area contributed by atoms with Gasteiger partial charge < -0.3 is 9.80 Å². The summed E-state index contributed by atoms with van der Waals surface area (Å²) in [5.74, 6) is 0. The summed E-state index contributed by atoms with van der Waals surface area (Å²) < 4.78 is 5.24. The van der Waals surface area contributed by atoms with Crippen LogP contribution in [0.1, 0.15) is 0 Å². The third-order valence-electron chi connectivity index (χ3n) is 17.5. The van der Waals surface area contributed by atoms with E-state index in [1.165, 1.54) is 106 Å². The lowest BCUT2D eigenvalue weighted by Crippen LogP contribution is -2.14. The molecule has 2 aromatic heterocycles. The second-order valence-electron chi connectivity index (χ2n) is 22.3. The molecule has 0 aliphatic heterocycles. The number of thiophene rings is 2. The van der Waals surface area contributed by atoms with Gasteiger partial charge >= 0.3 is 0 Å². The normalized spacial score (nSPS) is 11.7. The van der Waals surface area contributed by atoms with Crippen LogP contribution in [-0.2, 0) is 0 Å². The van der Waals surface area contributed by atoms with Crippen molar-refractivity contribution in [1.82, 2.24) is 0 Å². The molecule has 0 aliphatic rings. The predicted molar refractivity (Wildman–Crippen MR) is 373 cm³/mol. The zero-order valence-electron chi connectivity index (χ0n) is 46.7. The molecule has 15 aromatic carbocycles. The van der Waals surface area contributed by atoms with E-state index in [1.807, 2.05) is 22.7 Å². The summed E-state index contributed by atoms with van der Waals surface area (Å²) in [6.07, 6.45) is 0. The van der Waals surface area contributed by atoms with Crippen molar-refractivity contribution < 1.29 is 0 Å². The molecule has 0 spiro atoms. The van der Waals surface area contributed by atoms with E-state index in [1.54, 1.807) is 0 Å². The van der Waals surface area contributed by atoms with E-state index in [2.05, 4.69) is 325 Å². The molecule has 17 rings (SSSR count). The standard InChI is InChI=1S/C82H52N2S2/c1-3-21-63-53(17-1)19-13-29-65(63)55-37-45-59(46-38-55)83(61-49-41-57(42-50-61)67-31-15-33-75-69-23-9-11-35-77(69)85-81(67)75)79-71-25-5-7-27-73(71)80(74-28-8-6-26-72(74)79)84(60-47-39-56(40-48-60)66-30-14-20-54-18-2-4-22-64(54)66)62-51-43-58(44-52-62)68-32-16-34-76-70-24-10-12-36-78(70)86-82(68)76/h1-52H. The van der Waals surface area contributed by atoms with Gasteiger partial charge in [0, 0.05) is 84.6 Å². The summed E-state index contributed by atoms with van der Waals surface area (Å²) >= 11 is 3.75. The van der Waals surface area contributed by atoms with E-state index < -0.39 is 0 Å². The summed E-state index contributed by atoms with van der Waals surface area (Å²) in [6, 6.07) is 117. The molecule has 0 amide bonds. The Kier molecular flexibility index (Phi) is 12.0. The first-order valence-electron chi connectivity index (χ1n) is 29.4. The Morgan fingerprint density at radius 2 is 0.442 bits per heavy atom. The van der Waals surface area contributed by atoms with E-state index in [0.717, 1.165) is 55.7 Å². The van der Waals surface area contributed by atoms with Crippen molar-refractivity contribution in [3.05, 3.63) is 315 Å². The van der Waals surface area contributed by atoms with Crippen molar-refractivity contribution in [3.63, 3.8) is 0 Å². The van der Waals surface area contributed by atoms with Crippen LogP contribution < -0.4 is 9.80 Å². The summed E-state index contributed by atoms with van der Waals surface area (Å²) in [5.41, 5.74) is 16.2. The zero-order valence-corrected chi connectivity index (χ0v) is 48.4. The highest BCUT2D eigenvalue weighted by Crippen LogP contribution is 2.53. The lowest BCUT2D eigenvalue weighted by atomic mass is 9.94. The molecule has 86 heavy (non-hydrogen) atoms. The summed E-state index contributed by atoms with van der Waals surface area (Å²) in [4.78, 5) is 5.00. The van der Waals surface area contributed by atoms with Gasteiger partial charge in [-0.1, -0.05) is 255 Å². The summed E-state index contributed by atoms with van der Waals surface area (Å²) in [7, 11) is 0. The Bertz CT molecular complexity index is 5060. The quantitative estimate of drug-likeness (QED) is 0.0995. The van der Waals surface area contributed by atoms with E-state index in [-0.39, 0.29) is 0 Å². The van der Waals surface area contributed by atoms with Crippen LogP contribution in [0.3, 0.4) is 0 Å². The molecule has 2 heterocycles. The van der Waals surface area contributed by atoms with Crippen LogP contribution in [0.4, 0.5) is 34.1 Å². The molecule has 402 valence electrons. The second-order valence-corrected chi connectivity index (χ2v) is 24.4. The molecule has 0 bridgehead atoms. The molecular weight excluding hydrogens is 1080 g/mol. The predicted octanol–water partition coefficient (Wildman–Crippen LogP) is 24.6. The van der Waals surface area contributed by atoms with Crippen molar-refractivity contribution in [3.8, 4) is 44.5 Å². The Labute approximate surface area is 506 Å². The van der Waals surface area contributed by atoms with Crippen LogP contribution in [-0.4, -0.2) is 0 Å². The molecule has 0 saturated carbocycles. The van der Waals surface area contributed by atoms with Crippen LogP contribution in [0, 0.1) is 0 Å². The van der Waals surface area contributed by atoms with Gasteiger partial charge in [0.2, 0.25) is 0 Å². The first kappa shape index (κ1) is 49.9. The van der Waals surface area contributed by atoms with E-state index in [9.17, 15) is 0 Å². The van der Waals surface area contributed by atoms with Gasteiger partial charge in [-0.25, -0.2) is 0 Å². The largest absolute Gasteiger partial charge is 0.309 e. The molecule has 2 nitrogen and oxygen atoms in total. The van der Waals surface area contributed by atoms with Gasteiger partial charge in [0.05, 0.1) is 11.4 Å². The summed E-state index contributed by atoms with van der Waals surface area (Å²) in [6.45, 7) is 0. The number of rotatable bonds is 10. The Morgan fingerprint density at radius 1 is 0.186 bits per heavy atom. The van der Waals surface area contributed by atoms with Crippen LogP contribution in [0.25, 0.3) is 128 Å². The van der Waals surface area contributed by atoms with Crippen molar-refractivity contribution in [2.45, 2.75) is 0 Å². The second kappa shape index (κ2) is 20.6. The topological polar surface area (TPSA) is 6.48 Å². The van der Waals surface area contributed by atoms with E-state index >= 15 is 0 Å². The van der Waals surface area contributed by atoms with Crippen molar-refractivity contribution >= 4 is 140 Å². The highest BCUT2D eigenvalue weighted by molar-refractivity contribution is 7.26. The smallest absolute Gasteiger partial charge is 0.0619 e. The molecular formula is C82H52N2S2. The Morgan fingerprint density at radius 3 is 0.802 bits per heavy atom. The fourth-order valence-corrected chi connectivity index (χ4v) is 15.9. The molecule has 0 saturated heterocycles. The maximum atomic E-state index is 2.50. The van der Waals surface area contributed by atoms with Crippen molar-refractivity contribution in [2.75, 3.05) is 9.80 Å². The highest BCUT2D eigenvalue weighted by Gasteiger charge is 2.26. The fourth-order valence-electron chi connectivity index (χ4n) is 13.4. The van der Waals surface area contributed by atoms with Crippen molar-refractivity contribution in [2.24, 2.45) is 0 Å². The molecule has 17 aromatic rings. The number of fused-ring (bicyclic) bond motifs is 10. The minimum absolute atomic E-state index is 1.07. The van der Waals surface area contributed by atoms with E-state index in [0.29, 0.717) is 0 Å². The van der Waals surface area contributed by atoms with Crippen LogP contribution >= 0.6 is 22.7 Å². The van der Waals surface area contributed by atoms with Gasteiger partial charge in [-0.15, -0.1) is 22.7 Å². The number of nitrogens with zero attached hydrogens (tertiary/aromatic N) is 2. The first-order valence-corrected chi connectivity index (χ1v) is 31.0. The molecule has 0 atom stereocenters. The average Bonchev–Trinajstić information content (AvgIpc) is 1.28. The fraction of sp³-hybridized carbons (Fsp3) is 0. The van der Waals surface area contributed by atoms with Gasteiger partial charge in [-0.3, -0.25) is 0 Å². The first-order chi connectivity index (χ1) is 42.7. The van der Waals surface area contributed by atoms with Crippen LogP contribution in [0.2, 0.25) is 0 Å². The SMILES string of the molecule is c1ccc2c(-c3ccc(N(c4ccc(-c5cccc6c5sc5ccccc56)cc4)c4c5ccccc5c(N(c5ccc(-c6cccc7ccccc67)cc5)c5ccc(-c6cccc7c6sc6ccccc67)cc5)c5ccccc45)cc3)cccc2c1. The molecule has 0 fully saturated rings.